The maximum absolute atomic E-state index is 11.8. The van der Waals surface area contributed by atoms with E-state index >= 15 is 0 Å². The number of nitrogens with one attached hydrogen (secondary N) is 2. The first-order valence-electron chi connectivity index (χ1n) is 6.50. The van der Waals surface area contributed by atoms with Gasteiger partial charge in [-0.2, -0.15) is 0 Å². The number of hydrogen-bond donors (Lipinski definition) is 2. The molecule has 1 aromatic carbocycles. The average molecular weight is 311 g/mol. The van der Waals surface area contributed by atoms with Crippen LogP contribution in [-0.4, -0.2) is 18.5 Å². The van der Waals surface area contributed by atoms with Gasteiger partial charge in [-0.05, 0) is 37.0 Å². The Kier molecular flexibility index (Phi) is 4.78. The summed E-state index contributed by atoms with van der Waals surface area (Å²) in [6, 6.07) is 8.45. The zero-order valence-electron chi connectivity index (χ0n) is 10.6. The molecule has 98 valence electrons. The van der Waals surface area contributed by atoms with Gasteiger partial charge in [-0.1, -0.05) is 35.0 Å². The molecule has 18 heavy (non-hydrogen) atoms. The van der Waals surface area contributed by atoms with E-state index in [0.29, 0.717) is 0 Å². The molecular formula is C14H19BrN2O. The van der Waals surface area contributed by atoms with E-state index in [1.54, 1.807) is 0 Å². The lowest BCUT2D eigenvalue weighted by atomic mass is 10.0. The minimum absolute atomic E-state index is 0.0531. The Labute approximate surface area is 116 Å². The number of carbonyl (C=O) groups excluding carboxylic acids is 1. The predicted molar refractivity (Wildman–Crippen MR) is 76.3 cm³/mol. The highest BCUT2D eigenvalue weighted by atomic mass is 79.9. The molecule has 3 nitrogen and oxygen atoms in total. The predicted octanol–water partition coefficient (Wildman–Crippen LogP) is 2.77. The van der Waals surface area contributed by atoms with E-state index in [4.69, 9.17) is 0 Å². The molecule has 4 heteroatoms. The van der Waals surface area contributed by atoms with Crippen molar-refractivity contribution in [2.45, 2.75) is 38.3 Å². The molecule has 0 saturated carbocycles. The van der Waals surface area contributed by atoms with Gasteiger partial charge in [-0.3, -0.25) is 10.1 Å². The fourth-order valence-electron chi connectivity index (χ4n) is 2.35. The molecule has 1 aromatic rings. The van der Waals surface area contributed by atoms with E-state index in [1.165, 1.54) is 5.56 Å². The topological polar surface area (TPSA) is 41.1 Å². The van der Waals surface area contributed by atoms with Crippen LogP contribution in [0.1, 0.15) is 37.8 Å². The third-order valence-electron chi connectivity index (χ3n) is 3.35. The lowest BCUT2D eigenvalue weighted by molar-refractivity contribution is -0.124. The first kappa shape index (κ1) is 13.6. The van der Waals surface area contributed by atoms with Gasteiger partial charge in [0.25, 0.3) is 0 Å². The van der Waals surface area contributed by atoms with Crippen LogP contribution in [0.2, 0.25) is 0 Å². The largest absolute Gasteiger partial charge is 0.355 e. The van der Waals surface area contributed by atoms with Gasteiger partial charge >= 0.3 is 0 Å². The maximum Gasteiger partial charge on any atom is 0.237 e. The number of carbonyl (C=O) groups is 1. The molecule has 1 amide bonds. The molecule has 1 heterocycles. The van der Waals surface area contributed by atoms with Crippen LogP contribution in [-0.2, 0) is 4.79 Å². The van der Waals surface area contributed by atoms with Gasteiger partial charge in [0, 0.05) is 17.1 Å². The minimum atomic E-state index is -0.0531. The summed E-state index contributed by atoms with van der Waals surface area (Å²) >= 11 is 3.49. The van der Waals surface area contributed by atoms with Crippen LogP contribution in [0.25, 0.3) is 0 Å². The summed E-state index contributed by atoms with van der Waals surface area (Å²) in [5, 5.41) is 6.38. The Morgan fingerprint density at radius 1 is 1.56 bits per heavy atom. The lowest BCUT2D eigenvalue weighted by Crippen LogP contribution is -2.49. The third kappa shape index (κ3) is 3.33. The van der Waals surface area contributed by atoms with Crippen molar-refractivity contribution in [2.75, 3.05) is 6.54 Å². The molecular weight excluding hydrogens is 292 g/mol. The average Bonchev–Trinajstić information content (AvgIpc) is 2.38. The van der Waals surface area contributed by atoms with Gasteiger partial charge in [-0.15, -0.1) is 0 Å². The second-order valence-electron chi connectivity index (χ2n) is 4.67. The van der Waals surface area contributed by atoms with E-state index in [9.17, 15) is 4.79 Å². The van der Waals surface area contributed by atoms with Crippen molar-refractivity contribution in [1.82, 2.24) is 10.6 Å². The summed E-state index contributed by atoms with van der Waals surface area (Å²) in [5.74, 6) is 0.134. The van der Waals surface area contributed by atoms with Crippen LogP contribution >= 0.6 is 15.9 Å². The van der Waals surface area contributed by atoms with Crippen molar-refractivity contribution in [3.05, 3.63) is 34.3 Å². The Morgan fingerprint density at radius 2 is 2.39 bits per heavy atom. The van der Waals surface area contributed by atoms with E-state index in [2.05, 4.69) is 45.6 Å². The van der Waals surface area contributed by atoms with Crippen LogP contribution in [0.15, 0.2) is 28.7 Å². The van der Waals surface area contributed by atoms with Gasteiger partial charge < -0.3 is 5.32 Å². The van der Waals surface area contributed by atoms with Crippen LogP contribution in [0, 0.1) is 0 Å². The molecule has 0 aromatic heterocycles. The van der Waals surface area contributed by atoms with Gasteiger partial charge in [0.2, 0.25) is 5.91 Å². The quantitative estimate of drug-likeness (QED) is 0.898. The Morgan fingerprint density at radius 3 is 3.06 bits per heavy atom. The van der Waals surface area contributed by atoms with Crippen molar-refractivity contribution in [1.29, 1.82) is 0 Å². The molecule has 0 radical (unpaired) electrons. The number of rotatable bonds is 4. The third-order valence-corrected chi connectivity index (χ3v) is 3.84. The minimum Gasteiger partial charge on any atom is -0.355 e. The monoisotopic (exact) mass is 310 g/mol. The zero-order valence-corrected chi connectivity index (χ0v) is 12.2. The van der Waals surface area contributed by atoms with Crippen LogP contribution in [0.5, 0.6) is 0 Å². The summed E-state index contributed by atoms with van der Waals surface area (Å²) in [6.45, 7) is 2.95. The molecule has 2 unspecified atom stereocenters. The normalized spacial score (nSPS) is 21.4. The number of hydrogen-bond acceptors (Lipinski definition) is 2. The molecule has 2 rings (SSSR count). The van der Waals surface area contributed by atoms with Crippen molar-refractivity contribution >= 4 is 21.8 Å². The van der Waals surface area contributed by atoms with Crippen molar-refractivity contribution < 1.29 is 4.79 Å². The number of amides is 1. The van der Waals surface area contributed by atoms with Crippen molar-refractivity contribution in [3.63, 3.8) is 0 Å². The van der Waals surface area contributed by atoms with E-state index in [-0.39, 0.29) is 18.0 Å². The summed E-state index contributed by atoms with van der Waals surface area (Å²) in [5.41, 5.74) is 1.23. The molecule has 1 aliphatic rings. The number of halogens is 1. The smallest absolute Gasteiger partial charge is 0.237 e. The number of piperidine rings is 1. The molecule has 1 saturated heterocycles. The van der Waals surface area contributed by atoms with E-state index in [0.717, 1.165) is 30.3 Å². The SMILES string of the molecule is CCC(NC1CCCNC1=O)c1cccc(Br)c1. The van der Waals surface area contributed by atoms with Gasteiger partial charge in [-0.25, -0.2) is 0 Å². The Balaban J connectivity index is 2.07. The van der Waals surface area contributed by atoms with Gasteiger partial charge in [0.05, 0.1) is 6.04 Å². The lowest BCUT2D eigenvalue weighted by Gasteiger charge is -2.27. The standard InChI is InChI=1S/C14H19BrN2O/c1-2-12(10-5-3-6-11(15)9-10)17-13-7-4-8-16-14(13)18/h3,5-6,9,12-13,17H,2,4,7-8H2,1H3,(H,16,18). The maximum atomic E-state index is 11.8. The van der Waals surface area contributed by atoms with Crippen molar-refractivity contribution in [2.24, 2.45) is 0 Å². The van der Waals surface area contributed by atoms with Crippen molar-refractivity contribution in [3.8, 4) is 0 Å². The summed E-state index contributed by atoms with van der Waals surface area (Å²) in [7, 11) is 0. The highest BCUT2D eigenvalue weighted by Crippen LogP contribution is 2.22. The summed E-state index contributed by atoms with van der Waals surface area (Å²) < 4.78 is 1.08. The van der Waals surface area contributed by atoms with Gasteiger partial charge in [0.15, 0.2) is 0 Å². The first-order chi connectivity index (χ1) is 8.70. The molecule has 0 spiro atoms. The molecule has 2 N–H and O–H groups in total. The number of benzene rings is 1. The highest BCUT2D eigenvalue weighted by Gasteiger charge is 2.24. The molecule has 0 aliphatic carbocycles. The molecule has 0 bridgehead atoms. The summed E-state index contributed by atoms with van der Waals surface area (Å²) in [6.07, 6.45) is 2.95. The first-order valence-corrected chi connectivity index (χ1v) is 7.29. The van der Waals surface area contributed by atoms with Crippen LogP contribution < -0.4 is 10.6 Å². The molecule has 1 fully saturated rings. The highest BCUT2D eigenvalue weighted by molar-refractivity contribution is 9.10. The Hall–Kier alpha value is -0.870. The fourth-order valence-corrected chi connectivity index (χ4v) is 2.76. The zero-order chi connectivity index (χ0) is 13.0. The van der Waals surface area contributed by atoms with Gasteiger partial charge in [0.1, 0.15) is 0 Å². The van der Waals surface area contributed by atoms with E-state index in [1.807, 2.05) is 12.1 Å². The Bertz CT molecular complexity index is 422. The molecule has 2 atom stereocenters. The second-order valence-corrected chi connectivity index (χ2v) is 5.58. The second kappa shape index (κ2) is 6.34. The fraction of sp³-hybridized carbons (Fsp3) is 0.500. The van der Waals surface area contributed by atoms with Crippen LogP contribution in [0.3, 0.4) is 0 Å². The van der Waals surface area contributed by atoms with E-state index < -0.39 is 0 Å². The van der Waals surface area contributed by atoms with Crippen LogP contribution in [0.4, 0.5) is 0 Å². The summed E-state index contributed by atoms with van der Waals surface area (Å²) in [4.78, 5) is 11.8. The molecule has 1 aliphatic heterocycles.